The molecule has 2 rings (SSSR count). The highest BCUT2D eigenvalue weighted by Crippen LogP contribution is 2.22. The first-order chi connectivity index (χ1) is 8.65. The van der Waals surface area contributed by atoms with E-state index in [-0.39, 0.29) is 24.2 Å². The standard InChI is InChI=1S/C11H8BNO5/c12-18-9(14)5-6-17-13-10(15)7-3-1-2-4-8(7)11(13)16/h1-4H,5-6H2. The lowest BCUT2D eigenvalue weighted by Crippen LogP contribution is -2.30. The predicted octanol–water partition coefficient (Wildman–Crippen LogP) is 0.231. The Labute approximate surface area is 104 Å². The van der Waals surface area contributed by atoms with E-state index in [4.69, 9.17) is 4.84 Å². The molecule has 0 saturated heterocycles. The van der Waals surface area contributed by atoms with Crippen LogP contribution < -0.4 is 0 Å². The van der Waals surface area contributed by atoms with Gasteiger partial charge in [0, 0.05) is 0 Å². The zero-order valence-corrected chi connectivity index (χ0v) is 9.29. The maximum absolute atomic E-state index is 11.8. The summed E-state index contributed by atoms with van der Waals surface area (Å²) in [5.74, 6) is -1.78. The van der Waals surface area contributed by atoms with Gasteiger partial charge in [-0.2, -0.15) is 0 Å². The van der Waals surface area contributed by atoms with Gasteiger partial charge >= 0.3 is 8.05 Å². The summed E-state index contributed by atoms with van der Waals surface area (Å²) in [6, 6.07) is 6.37. The first-order valence-electron chi connectivity index (χ1n) is 5.15. The summed E-state index contributed by atoms with van der Waals surface area (Å²) in [4.78, 5) is 39.3. The average Bonchev–Trinajstić information content (AvgIpc) is 2.64. The minimum Gasteiger partial charge on any atom is -0.543 e. The Balaban J connectivity index is 2.03. The van der Waals surface area contributed by atoms with Gasteiger partial charge in [0.15, 0.2) is 0 Å². The van der Waals surface area contributed by atoms with Crippen LogP contribution in [-0.2, 0) is 14.3 Å². The first-order valence-corrected chi connectivity index (χ1v) is 5.15. The topological polar surface area (TPSA) is 72.9 Å². The van der Waals surface area contributed by atoms with Crippen molar-refractivity contribution in [3.8, 4) is 0 Å². The minimum absolute atomic E-state index is 0.149. The number of fused-ring (bicyclic) bond motifs is 1. The normalized spacial score (nSPS) is 13.7. The van der Waals surface area contributed by atoms with Crippen LogP contribution in [0.4, 0.5) is 0 Å². The van der Waals surface area contributed by atoms with E-state index in [9.17, 15) is 14.4 Å². The van der Waals surface area contributed by atoms with Crippen LogP contribution in [0, 0.1) is 0 Å². The van der Waals surface area contributed by atoms with Crippen molar-refractivity contribution in [2.45, 2.75) is 6.42 Å². The molecule has 0 saturated carbocycles. The number of hydroxylamine groups is 2. The zero-order chi connectivity index (χ0) is 13.1. The van der Waals surface area contributed by atoms with Crippen LogP contribution in [0.15, 0.2) is 24.3 Å². The second-order valence-corrected chi connectivity index (χ2v) is 3.52. The zero-order valence-electron chi connectivity index (χ0n) is 9.29. The largest absolute Gasteiger partial charge is 0.543 e. The summed E-state index contributed by atoms with van der Waals surface area (Å²) in [6.45, 7) is -0.165. The van der Waals surface area contributed by atoms with Crippen LogP contribution in [0.5, 0.6) is 0 Å². The number of nitrogens with zero attached hydrogens (tertiary/aromatic N) is 1. The van der Waals surface area contributed by atoms with Gasteiger partial charge in [0.2, 0.25) is 0 Å². The van der Waals surface area contributed by atoms with E-state index in [0.717, 1.165) is 0 Å². The molecule has 18 heavy (non-hydrogen) atoms. The molecule has 0 atom stereocenters. The van der Waals surface area contributed by atoms with Crippen molar-refractivity contribution >= 4 is 25.8 Å². The van der Waals surface area contributed by atoms with E-state index in [1.807, 2.05) is 0 Å². The molecule has 0 aromatic heterocycles. The summed E-state index contributed by atoms with van der Waals surface area (Å²) in [6.07, 6.45) is -0.149. The molecule has 90 valence electrons. The number of amides is 2. The fraction of sp³-hybridized carbons (Fsp3) is 0.182. The van der Waals surface area contributed by atoms with Gasteiger partial charge in [-0.1, -0.05) is 12.1 Å². The van der Waals surface area contributed by atoms with E-state index in [2.05, 4.69) is 12.7 Å². The Hall–Kier alpha value is -2.15. The number of hydrogen-bond donors (Lipinski definition) is 0. The highest BCUT2D eigenvalue weighted by atomic mass is 16.7. The van der Waals surface area contributed by atoms with Gasteiger partial charge in [-0.25, -0.2) is 0 Å². The quantitative estimate of drug-likeness (QED) is 0.560. The molecule has 2 radical (unpaired) electrons. The van der Waals surface area contributed by atoms with E-state index in [1.165, 1.54) is 12.1 Å². The second kappa shape index (κ2) is 5.01. The molecule has 0 unspecified atom stereocenters. The lowest BCUT2D eigenvalue weighted by molar-refractivity contribution is -0.140. The van der Waals surface area contributed by atoms with Gasteiger partial charge in [0.25, 0.3) is 17.8 Å². The molecule has 1 heterocycles. The number of benzene rings is 1. The van der Waals surface area contributed by atoms with Crippen LogP contribution in [0.25, 0.3) is 0 Å². The van der Waals surface area contributed by atoms with Crippen molar-refractivity contribution in [1.82, 2.24) is 5.06 Å². The molecule has 2 amide bonds. The van der Waals surface area contributed by atoms with E-state index in [0.29, 0.717) is 5.06 Å². The van der Waals surface area contributed by atoms with Crippen molar-refractivity contribution in [1.29, 1.82) is 0 Å². The van der Waals surface area contributed by atoms with Crippen molar-refractivity contribution in [3.63, 3.8) is 0 Å². The van der Waals surface area contributed by atoms with E-state index in [1.54, 1.807) is 12.1 Å². The average molecular weight is 245 g/mol. The molecule has 0 aliphatic carbocycles. The number of rotatable bonds is 4. The SMILES string of the molecule is [B]OC(=O)CCON1C(=O)c2ccccc2C1=O. The summed E-state index contributed by atoms with van der Waals surface area (Å²) in [5.41, 5.74) is 0.563. The lowest BCUT2D eigenvalue weighted by Gasteiger charge is -2.12. The minimum atomic E-state index is -0.688. The molecule has 7 heteroatoms. The van der Waals surface area contributed by atoms with Gasteiger partial charge in [0.05, 0.1) is 24.2 Å². The summed E-state index contributed by atoms with van der Waals surface area (Å²) < 4.78 is 3.92. The summed E-state index contributed by atoms with van der Waals surface area (Å²) >= 11 is 0. The summed E-state index contributed by atoms with van der Waals surface area (Å²) in [5, 5.41) is 0.633. The van der Waals surface area contributed by atoms with Gasteiger partial charge in [0.1, 0.15) is 0 Å². The highest BCUT2D eigenvalue weighted by Gasteiger charge is 2.36. The van der Waals surface area contributed by atoms with Gasteiger partial charge in [-0.15, -0.1) is 5.06 Å². The molecule has 0 N–H and O–H groups in total. The second-order valence-electron chi connectivity index (χ2n) is 3.52. The molecule has 0 fully saturated rings. The fourth-order valence-corrected chi connectivity index (χ4v) is 1.56. The molecule has 1 aromatic carbocycles. The third-order valence-corrected chi connectivity index (χ3v) is 2.41. The maximum Gasteiger partial charge on any atom is 0.378 e. The number of hydrogen-bond acceptors (Lipinski definition) is 5. The van der Waals surface area contributed by atoms with Crippen molar-refractivity contribution in [3.05, 3.63) is 35.4 Å². The third kappa shape index (κ3) is 2.12. The van der Waals surface area contributed by atoms with Crippen LogP contribution >= 0.6 is 0 Å². The molecule has 0 bridgehead atoms. The number of imide groups is 1. The Bertz CT molecular complexity index is 481. The molecule has 6 nitrogen and oxygen atoms in total. The van der Waals surface area contributed by atoms with Crippen molar-refractivity contribution < 1.29 is 23.9 Å². The van der Waals surface area contributed by atoms with Crippen molar-refractivity contribution in [2.75, 3.05) is 6.61 Å². The van der Waals surface area contributed by atoms with Crippen LogP contribution in [0.3, 0.4) is 0 Å². The van der Waals surface area contributed by atoms with Crippen LogP contribution in [-0.4, -0.2) is 37.5 Å². The predicted molar refractivity (Wildman–Crippen MR) is 59.4 cm³/mol. The van der Waals surface area contributed by atoms with Gasteiger partial charge < -0.3 is 4.65 Å². The Kier molecular flexibility index (Phi) is 3.43. The number of carbonyl (C=O) groups is 3. The maximum atomic E-state index is 11.8. The summed E-state index contributed by atoms with van der Waals surface area (Å²) in [7, 11) is 4.64. The van der Waals surface area contributed by atoms with Crippen molar-refractivity contribution in [2.24, 2.45) is 0 Å². The molecule has 0 spiro atoms. The van der Waals surface area contributed by atoms with Gasteiger partial charge in [-0.05, 0) is 12.1 Å². The fourth-order valence-electron chi connectivity index (χ4n) is 1.56. The first kappa shape index (κ1) is 12.3. The Morgan fingerprint density at radius 1 is 1.17 bits per heavy atom. The Morgan fingerprint density at radius 3 is 2.22 bits per heavy atom. The van der Waals surface area contributed by atoms with Crippen LogP contribution in [0.1, 0.15) is 27.1 Å². The molecule has 1 aliphatic rings. The molecule has 1 aromatic rings. The third-order valence-electron chi connectivity index (χ3n) is 2.41. The lowest BCUT2D eigenvalue weighted by atomic mass is 10.1. The molecular weight excluding hydrogens is 237 g/mol. The Morgan fingerprint density at radius 2 is 1.72 bits per heavy atom. The number of carbonyl (C=O) groups excluding carboxylic acids is 3. The van der Waals surface area contributed by atoms with E-state index >= 15 is 0 Å². The van der Waals surface area contributed by atoms with Crippen LogP contribution in [0.2, 0.25) is 0 Å². The van der Waals surface area contributed by atoms with Gasteiger partial charge in [-0.3, -0.25) is 19.2 Å². The smallest absolute Gasteiger partial charge is 0.378 e. The van der Waals surface area contributed by atoms with E-state index < -0.39 is 17.8 Å². The monoisotopic (exact) mass is 245 g/mol. The molecule has 1 aliphatic heterocycles. The highest BCUT2D eigenvalue weighted by molar-refractivity contribution is 6.20. The molecular formula is C11H8BNO5.